The van der Waals surface area contributed by atoms with Crippen molar-refractivity contribution in [3.63, 3.8) is 0 Å². The normalized spacial score (nSPS) is 14.3. The second-order valence-electron chi connectivity index (χ2n) is 6.12. The Balaban J connectivity index is 2.21. The lowest BCUT2D eigenvalue weighted by atomic mass is 9.97. The van der Waals surface area contributed by atoms with E-state index in [0.29, 0.717) is 17.8 Å². The summed E-state index contributed by atoms with van der Waals surface area (Å²) in [6, 6.07) is 0. The van der Waals surface area contributed by atoms with E-state index >= 15 is 0 Å². The predicted octanol–water partition coefficient (Wildman–Crippen LogP) is 0.388. The first kappa shape index (κ1) is 16.1. The van der Waals surface area contributed by atoms with Crippen molar-refractivity contribution in [1.29, 1.82) is 0 Å². The fraction of sp³-hybridized carbons (Fsp3) is 0.533. The Morgan fingerprint density at radius 3 is 2.83 bits per heavy atom. The number of hydrogen-bond acceptors (Lipinski definition) is 6. The smallest absolute Gasteiger partial charge is 0.263 e. The van der Waals surface area contributed by atoms with Crippen molar-refractivity contribution in [3.05, 3.63) is 26.6 Å². The van der Waals surface area contributed by atoms with Crippen LogP contribution in [0, 0.1) is 0 Å². The summed E-state index contributed by atoms with van der Waals surface area (Å²) in [5, 5.41) is 0.692. The van der Waals surface area contributed by atoms with E-state index in [1.165, 1.54) is 9.44 Å². The highest BCUT2D eigenvalue weighted by Gasteiger charge is 2.22. The number of aromatic nitrogens is 2. The van der Waals surface area contributed by atoms with Crippen molar-refractivity contribution in [3.8, 4) is 0 Å². The molecule has 0 fully saturated rings. The standard InChI is InChI=1S/C15H21N5O2S/c1-19(2)7-11-17-14-13(9-5-3-4-6-10(9)23-14)15(22)20(11)8-12(21)18-16/h3-8,16H2,1-2H3,(H,18,21). The molecule has 124 valence electrons. The second-order valence-corrected chi connectivity index (χ2v) is 7.20. The number of hydrogen-bond donors (Lipinski definition) is 2. The minimum atomic E-state index is -0.405. The Morgan fingerprint density at radius 2 is 2.13 bits per heavy atom. The number of carbonyl (C=O) groups is 1. The molecular formula is C15H21N5O2S. The van der Waals surface area contributed by atoms with Crippen molar-refractivity contribution in [2.24, 2.45) is 5.84 Å². The van der Waals surface area contributed by atoms with Crippen LogP contribution >= 0.6 is 11.3 Å². The fourth-order valence-electron chi connectivity index (χ4n) is 3.04. The van der Waals surface area contributed by atoms with Gasteiger partial charge >= 0.3 is 0 Å². The highest BCUT2D eigenvalue weighted by atomic mass is 32.1. The summed E-state index contributed by atoms with van der Waals surface area (Å²) in [4.78, 5) is 33.4. The fourth-order valence-corrected chi connectivity index (χ4v) is 4.31. The number of aryl methyl sites for hydroxylation is 2. The molecule has 2 aromatic rings. The van der Waals surface area contributed by atoms with Crippen LogP contribution in [0.5, 0.6) is 0 Å². The Bertz CT molecular complexity index is 808. The molecule has 0 bridgehead atoms. The number of fused-ring (bicyclic) bond motifs is 3. The summed E-state index contributed by atoms with van der Waals surface area (Å²) in [5.74, 6) is 5.37. The topological polar surface area (TPSA) is 93.2 Å². The third kappa shape index (κ3) is 3.01. The maximum absolute atomic E-state index is 13.0. The second kappa shape index (κ2) is 6.38. The molecule has 8 heteroatoms. The number of nitrogens with two attached hydrogens (primary N) is 1. The molecule has 7 nitrogen and oxygen atoms in total. The lowest BCUT2D eigenvalue weighted by Gasteiger charge is -2.15. The average molecular weight is 335 g/mol. The van der Waals surface area contributed by atoms with Gasteiger partial charge in [0.1, 0.15) is 17.2 Å². The van der Waals surface area contributed by atoms with Crippen molar-refractivity contribution >= 4 is 27.5 Å². The first-order valence-corrected chi connectivity index (χ1v) is 8.51. The summed E-state index contributed by atoms with van der Waals surface area (Å²) in [7, 11) is 3.81. The maximum Gasteiger partial charge on any atom is 0.263 e. The van der Waals surface area contributed by atoms with E-state index in [1.807, 2.05) is 19.0 Å². The van der Waals surface area contributed by atoms with Crippen molar-refractivity contribution in [1.82, 2.24) is 19.9 Å². The van der Waals surface area contributed by atoms with Gasteiger partial charge in [-0.2, -0.15) is 0 Å². The summed E-state index contributed by atoms with van der Waals surface area (Å²) >= 11 is 1.62. The zero-order valence-corrected chi connectivity index (χ0v) is 14.2. The van der Waals surface area contributed by atoms with E-state index in [0.717, 1.165) is 36.1 Å². The molecule has 0 unspecified atom stereocenters. The number of hydrazine groups is 1. The van der Waals surface area contributed by atoms with E-state index in [9.17, 15) is 9.59 Å². The Hall–Kier alpha value is -1.77. The number of nitrogens with one attached hydrogen (secondary N) is 1. The van der Waals surface area contributed by atoms with Gasteiger partial charge in [0, 0.05) is 4.88 Å². The highest BCUT2D eigenvalue weighted by molar-refractivity contribution is 7.18. The number of carbonyl (C=O) groups excluding carboxylic acids is 1. The lowest BCUT2D eigenvalue weighted by molar-refractivity contribution is -0.121. The van der Waals surface area contributed by atoms with Gasteiger partial charge in [0.05, 0.1) is 11.9 Å². The van der Waals surface area contributed by atoms with E-state index in [4.69, 9.17) is 5.84 Å². The molecule has 2 aromatic heterocycles. The minimum Gasteiger partial charge on any atom is -0.302 e. The van der Waals surface area contributed by atoms with E-state index in [1.54, 1.807) is 11.3 Å². The molecule has 23 heavy (non-hydrogen) atoms. The molecule has 0 aliphatic heterocycles. The van der Waals surface area contributed by atoms with Crippen molar-refractivity contribution in [2.45, 2.75) is 38.8 Å². The molecular weight excluding hydrogens is 314 g/mol. The Kier molecular flexibility index (Phi) is 4.47. The molecule has 3 N–H and O–H groups in total. The number of thiophene rings is 1. The third-order valence-corrected chi connectivity index (χ3v) is 5.26. The highest BCUT2D eigenvalue weighted by Crippen LogP contribution is 2.33. The van der Waals surface area contributed by atoms with Gasteiger partial charge in [-0.1, -0.05) is 0 Å². The van der Waals surface area contributed by atoms with Crippen LogP contribution in [0.15, 0.2) is 4.79 Å². The van der Waals surface area contributed by atoms with E-state index < -0.39 is 5.91 Å². The van der Waals surface area contributed by atoms with E-state index in [2.05, 4.69) is 10.4 Å². The molecule has 1 aliphatic carbocycles. The molecule has 0 atom stereocenters. The summed E-state index contributed by atoms with van der Waals surface area (Å²) in [6.45, 7) is 0.387. The molecule has 1 aliphatic rings. The van der Waals surface area contributed by atoms with Crippen molar-refractivity contribution in [2.75, 3.05) is 14.1 Å². The first-order valence-electron chi connectivity index (χ1n) is 7.69. The molecule has 3 rings (SSSR count). The van der Waals surface area contributed by atoms with Gasteiger partial charge in [-0.15, -0.1) is 11.3 Å². The zero-order valence-electron chi connectivity index (χ0n) is 13.4. The van der Waals surface area contributed by atoms with Gasteiger partial charge in [0.15, 0.2) is 0 Å². The summed E-state index contributed by atoms with van der Waals surface area (Å²) in [5.41, 5.74) is 3.09. The summed E-state index contributed by atoms with van der Waals surface area (Å²) in [6.07, 6.45) is 4.19. The van der Waals surface area contributed by atoms with Gasteiger partial charge in [-0.3, -0.25) is 19.6 Å². The van der Waals surface area contributed by atoms with E-state index in [-0.39, 0.29) is 12.1 Å². The molecule has 0 spiro atoms. The largest absolute Gasteiger partial charge is 0.302 e. The number of rotatable bonds is 4. The van der Waals surface area contributed by atoms with Gasteiger partial charge in [0.25, 0.3) is 11.5 Å². The number of amides is 1. The lowest BCUT2D eigenvalue weighted by Crippen LogP contribution is -2.38. The third-order valence-electron chi connectivity index (χ3n) is 4.07. The summed E-state index contributed by atoms with van der Waals surface area (Å²) < 4.78 is 1.45. The van der Waals surface area contributed by atoms with Crippen molar-refractivity contribution < 1.29 is 4.79 Å². The predicted molar refractivity (Wildman–Crippen MR) is 90.2 cm³/mol. The van der Waals surface area contributed by atoms with Gasteiger partial charge < -0.3 is 4.90 Å². The Morgan fingerprint density at radius 1 is 1.39 bits per heavy atom. The number of nitrogens with zero attached hydrogens (tertiary/aromatic N) is 3. The SMILES string of the molecule is CN(C)Cc1nc2sc3c(c2c(=O)n1CC(=O)NN)CCCC3. The van der Waals surface area contributed by atoms with Crippen LogP contribution in [0.25, 0.3) is 10.2 Å². The quantitative estimate of drug-likeness (QED) is 0.479. The zero-order chi connectivity index (χ0) is 16.6. The monoisotopic (exact) mass is 335 g/mol. The molecule has 0 aromatic carbocycles. The average Bonchev–Trinajstić information content (AvgIpc) is 2.88. The molecule has 0 saturated carbocycles. The van der Waals surface area contributed by atoms with Crippen LogP contribution < -0.4 is 16.8 Å². The first-order chi connectivity index (χ1) is 11.0. The minimum absolute atomic E-state index is 0.105. The van der Waals surface area contributed by atoms with Crippen LogP contribution in [0.2, 0.25) is 0 Å². The van der Waals surface area contributed by atoms with Crippen LogP contribution in [0.4, 0.5) is 0 Å². The van der Waals surface area contributed by atoms with Crippen LogP contribution in [0.1, 0.15) is 29.1 Å². The van der Waals surface area contributed by atoms with Crippen LogP contribution in [-0.2, 0) is 30.7 Å². The molecule has 1 amide bonds. The molecule has 0 radical (unpaired) electrons. The molecule has 0 saturated heterocycles. The molecule has 2 heterocycles. The van der Waals surface area contributed by atoms with Crippen LogP contribution in [-0.4, -0.2) is 34.5 Å². The van der Waals surface area contributed by atoms with Gasteiger partial charge in [0.2, 0.25) is 0 Å². The van der Waals surface area contributed by atoms with Gasteiger partial charge in [-0.25, -0.2) is 10.8 Å². The Labute approximate surface area is 138 Å². The van der Waals surface area contributed by atoms with Crippen LogP contribution in [0.3, 0.4) is 0 Å². The van der Waals surface area contributed by atoms with Gasteiger partial charge in [-0.05, 0) is 45.3 Å². The maximum atomic E-state index is 13.0.